The summed E-state index contributed by atoms with van der Waals surface area (Å²) in [6, 6.07) is 13.2. The van der Waals surface area contributed by atoms with Crippen LogP contribution in [0.2, 0.25) is 0 Å². The van der Waals surface area contributed by atoms with E-state index in [0.29, 0.717) is 17.0 Å². The summed E-state index contributed by atoms with van der Waals surface area (Å²) in [5.74, 6) is 0.129. The van der Waals surface area contributed by atoms with Gasteiger partial charge in [-0.25, -0.2) is 0 Å². The maximum absolute atomic E-state index is 12.8. The van der Waals surface area contributed by atoms with Crippen molar-refractivity contribution < 1.29 is 24.2 Å². The highest BCUT2D eigenvalue weighted by Gasteiger charge is 2.21. The van der Waals surface area contributed by atoms with Crippen molar-refractivity contribution in [1.29, 1.82) is 0 Å². The molecule has 0 saturated heterocycles. The largest absolute Gasteiger partial charge is 0.497 e. The number of rotatable bonds is 8. The number of hydrogen-bond acceptors (Lipinski definition) is 7. The van der Waals surface area contributed by atoms with Crippen molar-refractivity contribution >= 4 is 16.7 Å². The van der Waals surface area contributed by atoms with E-state index >= 15 is 0 Å². The molecular formula is C22H22N2O6. The zero-order valence-electron chi connectivity index (χ0n) is 17.0. The lowest BCUT2D eigenvalue weighted by atomic mass is 9.97. The van der Waals surface area contributed by atoms with Crippen molar-refractivity contribution in [2.24, 2.45) is 0 Å². The maximum Gasteiger partial charge on any atom is 0.318 e. The third-order valence-electron chi connectivity index (χ3n) is 4.86. The third-order valence-corrected chi connectivity index (χ3v) is 4.86. The lowest BCUT2D eigenvalue weighted by Gasteiger charge is -2.16. The first kappa shape index (κ1) is 21.0. The highest BCUT2D eigenvalue weighted by Crippen LogP contribution is 2.28. The number of pyridine rings is 1. The fourth-order valence-electron chi connectivity index (χ4n) is 3.14. The minimum Gasteiger partial charge on any atom is -0.497 e. The molecule has 0 bridgehead atoms. The highest BCUT2D eigenvalue weighted by atomic mass is 16.9. The number of benzene rings is 2. The highest BCUT2D eigenvalue weighted by molar-refractivity contribution is 5.87. The zero-order chi connectivity index (χ0) is 21.7. The molecule has 0 aliphatic carbocycles. The fraction of sp³-hybridized carbons (Fsp3) is 0.273. The summed E-state index contributed by atoms with van der Waals surface area (Å²) in [7, 11) is 1.62. The molecule has 1 atom stereocenters. The van der Waals surface area contributed by atoms with Gasteiger partial charge in [0.05, 0.1) is 18.7 Å². The van der Waals surface area contributed by atoms with Gasteiger partial charge in [-0.1, -0.05) is 24.3 Å². The molecule has 30 heavy (non-hydrogen) atoms. The van der Waals surface area contributed by atoms with E-state index in [1.165, 1.54) is 0 Å². The van der Waals surface area contributed by atoms with Crippen LogP contribution in [0.1, 0.15) is 29.7 Å². The Morgan fingerprint density at radius 1 is 1.17 bits per heavy atom. The van der Waals surface area contributed by atoms with Crippen LogP contribution in [0, 0.1) is 17.0 Å². The van der Waals surface area contributed by atoms with E-state index in [2.05, 4.69) is 9.82 Å². The second-order valence-electron chi connectivity index (χ2n) is 6.81. The molecule has 3 rings (SSSR count). The van der Waals surface area contributed by atoms with Crippen molar-refractivity contribution in [3.63, 3.8) is 0 Å². The molecule has 0 unspecified atom stereocenters. The molecule has 8 nitrogen and oxygen atoms in total. The fourth-order valence-corrected chi connectivity index (χ4v) is 3.14. The summed E-state index contributed by atoms with van der Waals surface area (Å²) in [6.45, 7) is 3.35. The summed E-state index contributed by atoms with van der Waals surface area (Å²) in [5, 5.41) is 11.5. The Labute approximate surface area is 173 Å². The standard InChI is InChI=1S/C22H22N2O6/c1-14(17-4-5-19-13-20(28-3)7-6-18(19)12-17)22(25)30-21-15(2)23-10-8-16(21)9-11-29-24(26)27/h4-8,10,12-14H,9,11H2,1-3H3/t14-/m0/s1. The first-order valence-electron chi connectivity index (χ1n) is 9.40. The number of aryl methyl sites for hydroxylation is 1. The van der Waals surface area contributed by atoms with Gasteiger partial charge in [0, 0.05) is 11.8 Å². The van der Waals surface area contributed by atoms with Crippen LogP contribution >= 0.6 is 0 Å². The third kappa shape index (κ3) is 4.83. The van der Waals surface area contributed by atoms with Gasteiger partial charge in [0.1, 0.15) is 12.4 Å². The lowest BCUT2D eigenvalue weighted by molar-refractivity contribution is -0.757. The number of carbonyl (C=O) groups excluding carboxylic acids is 1. The van der Waals surface area contributed by atoms with Crippen LogP contribution in [-0.4, -0.2) is 29.8 Å². The Balaban J connectivity index is 1.78. The van der Waals surface area contributed by atoms with Crippen molar-refractivity contribution in [3.8, 4) is 11.5 Å². The Bertz CT molecular complexity index is 1080. The monoisotopic (exact) mass is 410 g/mol. The van der Waals surface area contributed by atoms with E-state index < -0.39 is 17.0 Å². The molecule has 156 valence electrons. The quantitative estimate of drug-likeness (QED) is 0.314. The van der Waals surface area contributed by atoms with Crippen molar-refractivity contribution in [3.05, 3.63) is 75.6 Å². The summed E-state index contributed by atoms with van der Waals surface area (Å²) in [5.41, 5.74) is 1.97. The number of carbonyl (C=O) groups is 1. The van der Waals surface area contributed by atoms with Crippen LogP contribution in [0.25, 0.3) is 10.8 Å². The molecule has 3 aromatic rings. The van der Waals surface area contributed by atoms with Gasteiger partial charge in [0.25, 0.3) is 5.09 Å². The molecule has 0 N–H and O–H groups in total. The Kier molecular flexibility index (Phi) is 6.46. The van der Waals surface area contributed by atoms with Crippen LogP contribution < -0.4 is 9.47 Å². The van der Waals surface area contributed by atoms with Gasteiger partial charge < -0.3 is 14.3 Å². The second kappa shape index (κ2) is 9.21. The van der Waals surface area contributed by atoms with Crippen LogP contribution in [0.15, 0.2) is 48.7 Å². The molecule has 0 saturated carbocycles. The van der Waals surface area contributed by atoms with Crippen molar-refractivity contribution in [2.75, 3.05) is 13.7 Å². The van der Waals surface area contributed by atoms with Crippen LogP contribution in [-0.2, 0) is 16.1 Å². The molecule has 0 amide bonds. The van der Waals surface area contributed by atoms with Crippen molar-refractivity contribution in [1.82, 2.24) is 4.98 Å². The molecule has 0 spiro atoms. The van der Waals surface area contributed by atoms with Gasteiger partial charge in [0.15, 0.2) is 5.75 Å². The Morgan fingerprint density at radius 2 is 1.90 bits per heavy atom. The number of hydrogen-bond donors (Lipinski definition) is 0. The van der Waals surface area contributed by atoms with Crippen LogP contribution in [0.3, 0.4) is 0 Å². The average molecular weight is 410 g/mol. The maximum atomic E-state index is 12.8. The molecule has 2 aromatic carbocycles. The first-order chi connectivity index (χ1) is 14.4. The van der Waals surface area contributed by atoms with Gasteiger partial charge in [0.2, 0.25) is 0 Å². The normalized spacial score (nSPS) is 11.7. The van der Waals surface area contributed by atoms with E-state index in [9.17, 15) is 14.9 Å². The van der Waals surface area contributed by atoms with Gasteiger partial charge >= 0.3 is 5.97 Å². The molecule has 1 aromatic heterocycles. The molecule has 8 heteroatoms. The van der Waals surface area contributed by atoms with Crippen LogP contribution in [0.5, 0.6) is 11.5 Å². The number of methoxy groups -OCH3 is 1. The molecular weight excluding hydrogens is 388 g/mol. The number of ether oxygens (including phenoxy) is 2. The average Bonchev–Trinajstić information content (AvgIpc) is 2.74. The molecule has 0 aliphatic heterocycles. The van der Waals surface area contributed by atoms with Gasteiger partial charge in [-0.05, 0) is 54.8 Å². The lowest BCUT2D eigenvalue weighted by Crippen LogP contribution is -2.18. The van der Waals surface area contributed by atoms with Gasteiger partial charge in [-0.3, -0.25) is 9.78 Å². The van der Waals surface area contributed by atoms with Crippen molar-refractivity contribution in [2.45, 2.75) is 26.2 Å². The number of esters is 1. The smallest absolute Gasteiger partial charge is 0.318 e. The van der Waals surface area contributed by atoms with E-state index in [0.717, 1.165) is 22.1 Å². The minimum atomic E-state index is -0.850. The van der Waals surface area contributed by atoms with Gasteiger partial charge in [-0.15, -0.1) is 10.1 Å². The molecule has 1 heterocycles. The Morgan fingerprint density at radius 3 is 2.63 bits per heavy atom. The topological polar surface area (TPSA) is 101 Å². The van der Waals surface area contributed by atoms with E-state index in [-0.39, 0.29) is 13.0 Å². The molecule has 0 radical (unpaired) electrons. The summed E-state index contributed by atoms with van der Waals surface area (Å²) < 4.78 is 10.9. The molecule has 0 aliphatic rings. The van der Waals surface area contributed by atoms with Crippen LogP contribution in [0.4, 0.5) is 0 Å². The SMILES string of the molecule is COc1ccc2cc([C@H](C)C(=O)Oc3c(CCO[N+](=O)[O-])ccnc3C)ccc2c1. The molecule has 0 fully saturated rings. The van der Waals surface area contributed by atoms with E-state index in [1.807, 2.05) is 36.4 Å². The first-order valence-corrected chi connectivity index (χ1v) is 9.40. The predicted octanol–water partition coefficient (Wildman–Crippen LogP) is 4.01. The zero-order valence-corrected chi connectivity index (χ0v) is 17.0. The Hall–Kier alpha value is -3.68. The number of nitrogens with zero attached hydrogens (tertiary/aromatic N) is 2. The summed E-state index contributed by atoms with van der Waals surface area (Å²) in [6.07, 6.45) is 1.79. The van der Waals surface area contributed by atoms with E-state index in [4.69, 9.17) is 9.47 Å². The predicted molar refractivity (Wildman–Crippen MR) is 110 cm³/mol. The summed E-state index contributed by atoms with van der Waals surface area (Å²) in [4.78, 5) is 31.7. The van der Waals surface area contributed by atoms with E-state index in [1.54, 1.807) is 33.2 Å². The second-order valence-corrected chi connectivity index (χ2v) is 6.81. The number of aromatic nitrogens is 1. The minimum absolute atomic E-state index is 0.134. The number of fused-ring (bicyclic) bond motifs is 1. The summed E-state index contributed by atoms with van der Waals surface area (Å²) >= 11 is 0. The van der Waals surface area contributed by atoms with Gasteiger partial charge in [-0.2, -0.15) is 0 Å².